The predicted molar refractivity (Wildman–Crippen MR) is 86.8 cm³/mol. The van der Waals surface area contributed by atoms with E-state index < -0.39 is 0 Å². The molecule has 0 saturated carbocycles. The van der Waals surface area contributed by atoms with Crippen LogP contribution in [0.15, 0.2) is 18.2 Å². The maximum Gasteiger partial charge on any atom is 0.124 e. The van der Waals surface area contributed by atoms with Gasteiger partial charge in [0.15, 0.2) is 0 Å². The van der Waals surface area contributed by atoms with Crippen molar-refractivity contribution in [2.45, 2.75) is 46.2 Å². The van der Waals surface area contributed by atoms with Gasteiger partial charge in [-0.05, 0) is 51.4 Å². The molecule has 0 amide bonds. The molecule has 116 valence electrons. The maximum absolute atomic E-state index is 6.25. The minimum atomic E-state index is 0.287. The van der Waals surface area contributed by atoms with Gasteiger partial charge in [0.2, 0.25) is 0 Å². The van der Waals surface area contributed by atoms with E-state index in [9.17, 15) is 0 Å². The van der Waals surface area contributed by atoms with Crippen LogP contribution < -0.4 is 10.1 Å². The first-order valence-corrected chi connectivity index (χ1v) is 8.26. The van der Waals surface area contributed by atoms with Gasteiger partial charge < -0.3 is 15.0 Å². The van der Waals surface area contributed by atoms with E-state index in [0.29, 0.717) is 6.04 Å². The molecule has 1 atom stereocenters. The van der Waals surface area contributed by atoms with E-state index in [1.807, 2.05) is 0 Å². The molecule has 2 aliphatic rings. The van der Waals surface area contributed by atoms with Crippen LogP contribution in [0.25, 0.3) is 0 Å². The van der Waals surface area contributed by atoms with Gasteiger partial charge in [0.1, 0.15) is 5.75 Å². The second-order valence-corrected chi connectivity index (χ2v) is 7.23. The molecule has 21 heavy (non-hydrogen) atoms. The first kappa shape index (κ1) is 14.9. The number of fused-ring (bicyclic) bond motifs is 1. The number of likely N-dealkylation sites (tertiary alicyclic amines) is 1. The minimum Gasteiger partial charge on any atom is -0.493 e. The Hall–Kier alpha value is -1.06. The number of ether oxygens (including phenoxy) is 1. The van der Waals surface area contributed by atoms with Crippen molar-refractivity contribution in [2.24, 2.45) is 5.41 Å². The Bertz CT molecular complexity index is 500. The number of hydrogen-bond acceptors (Lipinski definition) is 3. The smallest absolute Gasteiger partial charge is 0.124 e. The first-order valence-electron chi connectivity index (χ1n) is 8.26. The molecular formula is C18H28N2O. The summed E-state index contributed by atoms with van der Waals surface area (Å²) in [6, 6.07) is 7.14. The second-order valence-electron chi connectivity index (χ2n) is 7.23. The molecular weight excluding hydrogens is 260 g/mol. The highest BCUT2D eigenvalue weighted by molar-refractivity contribution is 5.41. The van der Waals surface area contributed by atoms with Crippen molar-refractivity contribution in [3.8, 4) is 5.75 Å². The molecule has 3 rings (SSSR count). The summed E-state index contributed by atoms with van der Waals surface area (Å²) in [7, 11) is 0. The average molecular weight is 288 g/mol. The first-order chi connectivity index (χ1) is 10.1. The zero-order valence-corrected chi connectivity index (χ0v) is 13.6. The van der Waals surface area contributed by atoms with Gasteiger partial charge in [-0.15, -0.1) is 0 Å². The van der Waals surface area contributed by atoms with Crippen LogP contribution in [-0.4, -0.2) is 37.2 Å². The standard InChI is InChI=1S/C18H28N2O/c1-14(2)20-10-8-18(3,12-20)13-21-17-6-4-5-15-7-9-19-11-16(15)17/h4-6,14,19H,7-13H2,1-3H3. The van der Waals surface area contributed by atoms with Crippen molar-refractivity contribution in [1.82, 2.24) is 10.2 Å². The van der Waals surface area contributed by atoms with Crippen LogP contribution in [0, 0.1) is 5.41 Å². The molecule has 2 heterocycles. The molecule has 0 spiro atoms. The molecule has 1 aromatic carbocycles. The van der Waals surface area contributed by atoms with Crippen LogP contribution in [0.3, 0.4) is 0 Å². The molecule has 0 bridgehead atoms. The van der Waals surface area contributed by atoms with Crippen molar-refractivity contribution in [3.05, 3.63) is 29.3 Å². The number of nitrogens with zero attached hydrogens (tertiary/aromatic N) is 1. The Morgan fingerprint density at radius 3 is 3.00 bits per heavy atom. The Morgan fingerprint density at radius 1 is 1.38 bits per heavy atom. The highest BCUT2D eigenvalue weighted by atomic mass is 16.5. The summed E-state index contributed by atoms with van der Waals surface area (Å²) in [6.45, 7) is 12.1. The van der Waals surface area contributed by atoms with E-state index in [4.69, 9.17) is 4.74 Å². The van der Waals surface area contributed by atoms with Gasteiger partial charge in [-0.1, -0.05) is 19.1 Å². The van der Waals surface area contributed by atoms with Crippen LogP contribution >= 0.6 is 0 Å². The number of benzene rings is 1. The molecule has 3 nitrogen and oxygen atoms in total. The summed E-state index contributed by atoms with van der Waals surface area (Å²) < 4.78 is 6.25. The van der Waals surface area contributed by atoms with E-state index in [1.165, 1.54) is 24.1 Å². The maximum atomic E-state index is 6.25. The largest absolute Gasteiger partial charge is 0.493 e. The third kappa shape index (κ3) is 3.24. The molecule has 0 aliphatic carbocycles. The van der Waals surface area contributed by atoms with Crippen LogP contribution in [0.2, 0.25) is 0 Å². The molecule has 1 unspecified atom stereocenters. The summed E-state index contributed by atoms with van der Waals surface area (Å²) in [4.78, 5) is 2.56. The fourth-order valence-electron chi connectivity index (χ4n) is 3.49. The Kier molecular flexibility index (Phi) is 4.23. The quantitative estimate of drug-likeness (QED) is 0.922. The number of hydrogen-bond donors (Lipinski definition) is 1. The summed E-state index contributed by atoms with van der Waals surface area (Å²) >= 11 is 0. The van der Waals surface area contributed by atoms with E-state index >= 15 is 0 Å². The molecule has 1 aromatic rings. The molecule has 1 saturated heterocycles. The highest BCUT2D eigenvalue weighted by Crippen LogP contribution is 2.33. The summed E-state index contributed by atoms with van der Waals surface area (Å²) in [6.07, 6.45) is 2.35. The number of rotatable bonds is 4. The highest BCUT2D eigenvalue weighted by Gasteiger charge is 2.35. The normalized spacial score (nSPS) is 26.1. The Labute approximate surface area is 128 Å². The molecule has 0 radical (unpaired) electrons. The van der Waals surface area contributed by atoms with Crippen LogP contribution in [0.4, 0.5) is 0 Å². The summed E-state index contributed by atoms with van der Waals surface area (Å²) in [5.74, 6) is 1.09. The van der Waals surface area contributed by atoms with Gasteiger partial charge in [-0.25, -0.2) is 0 Å². The lowest BCUT2D eigenvalue weighted by Crippen LogP contribution is -2.33. The van der Waals surface area contributed by atoms with Crippen molar-refractivity contribution in [3.63, 3.8) is 0 Å². The molecule has 1 fully saturated rings. The Morgan fingerprint density at radius 2 is 2.24 bits per heavy atom. The fraction of sp³-hybridized carbons (Fsp3) is 0.667. The summed E-state index contributed by atoms with van der Waals surface area (Å²) in [5, 5.41) is 3.45. The van der Waals surface area contributed by atoms with E-state index in [2.05, 4.69) is 49.2 Å². The Balaban J connectivity index is 1.66. The van der Waals surface area contributed by atoms with Crippen LogP contribution in [-0.2, 0) is 13.0 Å². The van der Waals surface area contributed by atoms with Crippen molar-refractivity contribution in [2.75, 3.05) is 26.2 Å². The molecule has 3 heteroatoms. The lowest BCUT2D eigenvalue weighted by Gasteiger charge is -2.28. The lowest BCUT2D eigenvalue weighted by molar-refractivity contribution is 0.153. The monoisotopic (exact) mass is 288 g/mol. The van der Waals surface area contributed by atoms with Crippen molar-refractivity contribution >= 4 is 0 Å². The topological polar surface area (TPSA) is 24.5 Å². The van der Waals surface area contributed by atoms with Gasteiger partial charge >= 0.3 is 0 Å². The molecule has 2 aliphatic heterocycles. The molecule has 1 N–H and O–H groups in total. The second kappa shape index (κ2) is 5.98. The van der Waals surface area contributed by atoms with Crippen LogP contribution in [0.1, 0.15) is 38.3 Å². The predicted octanol–water partition coefficient (Wildman–Crippen LogP) is 2.83. The molecule has 0 aromatic heterocycles. The summed E-state index contributed by atoms with van der Waals surface area (Å²) in [5.41, 5.74) is 3.10. The van der Waals surface area contributed by atoms with E-state index in [-0.39, 0.29) is 5.41 Å². The van der Waals surface area contributed by atoms with Crippen LogP contribution in [0.5, 0.6) is 5.75 Å². The van der Waals surface area contributed by atoms with Gasteiger partial charge in [0.05, 0.1) is 6.61 Å². The van der Waals surface area contributed by atoms with Gasteiger partial charge in [0.25, 0.3) is 0 Å². The fourth-order valence-corrected chi connectivity index (χ4v) is 3.49. The third-order valence-electron chi connectivity index (χ3n) is 5.00. The zero-order chi connectivity index (χ0) is 14.9. The van der Waals surface area contributed by atoms with Gasteiger partial charge in [-0.2, -0.15) is 0 Å². The SMILES string of the molecule is CC(C)N1CCC(C)(COc2cccc3c2CNCC3)C1. The van der Waals surface area contributed by atoms with E-state index in [1.54, 1.807) is 0 Å². The minimum absolute atomic E-state index is 0.287. The van der Waals surface area contributed by atoms with Gasteiger partial charge in [0, 0.05) is 30.1 Å². The van der Waals surface area contributed by atoms with Crippen molar-refractivity contribution < 1.29 is 4.74 Å². The third-order valence-corrected chi connectivity index (χ3v) is 5.00. The van der Waals surface area contributed by atoms with Crippen molar-refractivity contribution in [1.29, 1.82) is 0 Å². The number of nitrogens with one attached hydrogen (secondary N) is 1. The van der Waals surface area contributed by atoms with Gasteiger partial charge in [-0.3, -0.25) is 0 Å². The zero-order valence-electron chi connectivity index (χ0n) is 13.6. The van der Waals surface area contributed by atoms with E-state index in [0.717, 1.165) is 38.4 Å². The lowest BCUT2D eigenvalue weighted by atomic mass is 9.91. The average Bonchev–Trinajstić information content (AvgIpc) is 2.88.